The van der Waals surface area contributed by atoms with Gasteiger partial charge in [0.05, 0.1) is 18.8 Å². The summed E-state index contributed by atoms with van der Waals surface area (Å²) in [4.78, 5) is 12.5. The van der Waals surface area contributed by atoms with E-state index in [1.807, 2.05) is 0 Å². The Labute approximate surface area is 391 Å². The molecule has 0 rings (SSSR count). The van der Waals surface area contributed by atoms with Gasteiger partial charge in [-0.25, -0.2) is 0 Å². The van der Waals surface area contributed by atoms with Crippen LogP contribution in [-0.2, 0) is 4.79 Å². The monoisotopic (exact) mass is 876 g/mol. The van der Waals surface area contributed by atoms with Crippen molar-refractivity contribution in [2.45, 2.75) is 360 Å². The molecule has 0 fully saturated rings. The second-order valence-corrected chi connectivity index (χ2v) is 20.4. The van der Waals surface area contributed by atoms with Crippen LogP contribution in [0.15, 0.2) is 0 Å². The maximum Gasteiger partial charge on any atom is 0.220 e. The van der Waals surface area contributed by atoms with E-state index in [9.17, 15) is 15.0 Å². The predicted molar refractivity (Wildman–Crippen MR) is 276 cm³/mol. The number of rotatable bonds is 55. The molecule has 372 valence electrons. The van der Waals surface area contributed by atoms with Gasteiger partial charge in [-0.2, -0.15) is 0 Å². The van der Waals surface area contributed by atoms with E-state index < -0.39 is 12.1 Å². The van der Waals surface area contributed by atoms with Gasteiger partial charge in [-0.3, -0.25) is 4.79 Å². The first-order chi connectivity index (χ1) is 30.7. The van der Waals surface area contributed by atoms with Gasteiger partial charge in [0.2, 0.25) is 5.91 Å². The molecule has 4 nitrogen and oxygen atoms in total. The van der Waals surface area contributed by atoms with Crippen LogP contribution in [0, 0.1) is 0 Å². The van der Waals surface area contributed by atoms with Crippen LogP contribution >= 0.6 is 0 Å². The number of carbonyl (C=O) groups is 1. The van der Waals surface area contributed by atoms with E-state index in [0.717, 1.165) is 25.7 Å². The summed E-state index contributed by atoms with van der Waals surface area (Å²) in [6.07, 6.45) is 69.6. The summed E-state index contributed by atoms with van der Waals surface area (Å²) in [5, 5.41) is 23.4. The summed E-state index contributed by atoms with van der Waals surface area (Å²) in [7, 11) is 0. The van der Waals surface area contributed by atoms with Crippen LogP contribution in [0.25, 0.3) is 0 Å². The Bertz CT molecular complexity index is 819. The third kappa shape index (κ3) is 50.4. The lowest BCUT2D eigenvalue weighted by Gasteiger charge is -2.22. The van der Waals surface area contributed by atoms with Gasteiger partial charge >= 0.3 is 0 Å². The zero-order chi connectivity index (χ0) is 44.9. The SMILES string of the molecule is CCCCCCCCCCCCCCCCCCCCCCCCCCCCC(=O)NC(CO)C(O)CCCCCCCCCCCCCCCCCCCCCCCCCC. The van der Waals surface area contributed by atoms with Crippen molar-refractivity contribution in [3.05, 3.63) is 0 Å². The van der Waals surface area contributed by atoms with Crippen molar-refractivity contribution in [3.8, 4) is 0 Å². The molecule has 0 aliphatic heterocycles. The Kier molecular flexibility index (Phi) is 54.2. The lowest BCUT2D eigenvalue weighted by molar-refractivity contribution is -0.123. The van der Waals surface area contributed by atoms with Crippen molar-refractivity contribution in [1.82, 2.24) is 5.32 Å². The van der Waals surface area contributed by atoms with Crippen molar-refractivity contribution in [1.29, 1.82) is 0 Å². The van der Waals surface area contributed by atoms with Gasteiger partial charge in [-0.15, -0.1) is 0 Å². The first kappa shape index (κ1) is 61.4. The molecule has 0 saturated carbocycles. The first-order valence-electron chi connectivity index (χ1n) is 29.2. The molecule has 2 atom stereocenters. The molecule has 0 radical (unpaired) electrons. The molecular weight excluding hydrogens is 759 g/mol. The van der Waals surface area contributed by atoms with E-state index in [2.05, 4.69) is 19.2 Å². The second kappa shape index (κ2) is 54.7. The number of aliphatic hydroxyl groups is 2. The van der Waals surface area contributed by atoms with Gasteiger partial charge in [0.1, 0.15) is 0 Å². The zero-order valence-corrected chi connectivity index (χ0v) is 42.9. The fourth-order valence-corrected chi connectivity index (χ4v) is 9.66. The summed E-state index contributed by atoms with van der Waals surface area (Å²) >= 11 is 0. The molecule has 0 spiro atoms. The molecule has 2 unspecified atom stereocenters. The minimum atomic E-state index is -0.655. The van der Waals surface area contributed by atoms with Crippen molar-refractivity contribution >= 4 is 5.91 Å². The van der Waals surface area contributed by atoms with Gasteiger partial charge in [0, 0.05) is 6.42 Å². The second-order valence-electron chi connectivity index (χ2n) is 20.4. The number of aliphatic hydroxyl groups excluding tert-OH is 2. The van der Waals surface area contributed by atoms with Crippen LogP contribution in [0.2, 0.25) is 0 Å². The van der Waals surface area contributed by atoms with E-state index in [1.165, 1.54) is 295 Å². The fourth-order valence-electron chi connectivity index (χ4n) is 9.66. The number of carbonyl (C=O) groups excluding carboxylic acids is 1. The molecular formula is C58H117NO3. The Balaban J connectivity index is 3.39. The highest BCUT2D eigenvalue weighted by Gasteiger charge is 2.20. The molecule has 0 aliphatic carbocycles. The van der Waals surface area contributed by atoms with Crippen LogP contribution in [0.1, 0.15) is 348 Å². The van der Waals surface area contributed by atoms with Gasteiger partial charge in [-0.05, 0) is 12.8 Å². The average Bonchev–Trinajstić information content (AvgIpc) is 3.28. The van der Waals surface area contributed by atoms with Crippen LogP contribution in [0.3, 0.4) is 0 Å². The van der Waals surface area contributed by atoms with Crippen LogP contribution < -0.4 is 5.32 Å². The largest absolute Gasteiger partial charge is 0.394 e. The number of unbranched alkanes of at least 4 members (excludes halogenated alkanes) is 48. The Morgan fingerprint density at radius 3 is 0.726 bits per heavy atom. The molecule has 4 heteroatoms. The Hall–Kier alpha value is -0.610. The average molecular weight is 877 g/mol. The van der Waals surface area contributed by atoms with Crippen molar-refractivity contribution in [2.75, 3.05) is 6.61 Å². The maximum atomic E-state index is 12.5. The molecule has 0 heterocycles. The lowest BCUT2D eigenvalue weighted by atomic mass is 10.0. The van der Waals surface area contributed by atoms with Gasteiger partial charge in [0.25, 0.3) is 0 Å². The number of hydrogen-bond donors (Lipinski definition) is 3. The Morgan fingerprint density at radius 1 is 0.323 bits per heavy atom. The first-order valence-corrected chi connectivity index (χ1v) is 29.2. The van der Waals surface area contributed by atoms with E-state index in [4.69, 9.17) is 0 Å². The molecule has 0 aliphatic rings. The number of hydrogen-bond acceptors (Lipinski definition) is 3. The molecule has 62 heavy (non-hydrogen) atoms. The third-order valence-electron chi connectivity index (χ3n) is 14.1. The minimum absolute atomic E-state index is 0.0213. The fraction of sp³-hybridized carbons (Fsp3) is 0.983. The summed E-state index contributed by atoms with van der Waals surface area (Å²) < 4.78 is 0. The van der Waals surface area contributed by atoms with Crippen molar-refractivity contribution in [3.63, 3.8) is 0 Å². The normalized spacial score (nSPS) is 12.6. The van der Waals surface area contributed by atoms with Crippen LogP contribution in [0.5, 0.6) is 0 Å². The van der Waals surface area contributed by atoms with Crippen LogP contribution in [0.4, 0.5) is 0 Å². The van der Waals surface area contributed by atoms with E-state index in [0.29, 0.717) is 12.8 Å². The lowest BCUT2D eigenvalue weighted by Crippen LogP contribution is -2.45. The summed E-state index contributed by atoms with van der Waals surface area (Å²) in [6, 6.07) is -0.531. The molecule has 0 aromatic rings. The van der Waals surface area contributed by atoms with Gasteiger partial charge < -0.3 is 15.5 Å². The number of amides is 1. The quantitative estimate of drug-likeness (QED) is 0.0533. The standard InChI is InChI=1S/C58H117NO3/c1-3-5-7-9-11-13-15-17-19-21-23-25-27-29-30-32-34-36-38-40-42-44-46-48-50-52-54-58(62)59-56(55-60)57(61)53-51-49-47-45-43-41-39-37-35-33-31-28-26-24-22-20-18-16-14-12-10-8-6-4-2/h56-57,60-61H,3-55H2,1-2H3,(H,59,62). The smallest absolute Gasteiger partial charge is 0.220 e. The molecule has 1 amide bonds. The minimum Gasteiger partial charge on any atom is -0.394 e. The van der Waals surface area contributed by atoms with Gasteiger partial charge in [-0.1, -0.05) is 328 Å². The van der Waals surface area contributed by atoms with E-state index in [-0.39, 0.29) is 12.5 Å². The molecule has 3 N–H and O–H groups in total. The molecule has 0 aromatic carbocycles. The predicted octanol–water partition coefficient (Wildman–Crippen LogP) is 19.1. The van der Waals surface area contributed by atoms with Crippen molar-refractivity contribution in [2.24, 2.45) is 0 Å². The molecule has 0 bridgehead atoms. The highest BCUT2D eigenvalue weighted by molar-refractivity contribution is 5.76. The maximum absolute atomic E-state index is 12.5. The molecule has 0 aromatic heterocycles. The highest BCUT2D eigenvalue weighted by atomic mass is 16.3. The zero-order valence-electron chi connectivity index (χ0n) is 42.9. The topological polar surface area (TPSA) is 69.6 Å². The third-order valence-corrected chi connectivity index (χ3v) is 14.1. The highest BCUT2D eigenvalue weighted by Crippen LogP contribution is 2.19. The van der Waals surface area contributed by atoms with Crippen molar-refractivity contribution < 1.29 is 15.0 Å². The summed E-state index contributed by atoms with van der Waals surface area (Å²) in [5.41, 5.74) is 0. The Morgan fingerprint density at radius 2 is 0.516 bits per heavy atom. The van der Waals surface area contributed by atoms with Gasteiger partial charge in [0.15, 0.2) is 0 Å². The van der Waals surface area contributed by atoms with E-state index in [1.54, 1.807) is 0 Å². The molecule has 0 saturated heterocycles. The summed E-state index contributed by atoms with van der Waals surface area (Å²) in [5.74, 6) is -0.0213. The van der Waals surface area contributed by atoms with Crippen LogP contribution in [-0.4, -0.2) is 34.9 Å². The summed E-state index contributed by atoms with van der Waals surface area (Å²) in [6.45, 7) is 4.41. The van der Waals surface area contributed by atoms with E-state index >= 15 is 0 Å². The number of nitrogens with one attached hydrogen (secondary N) is 1.